The summed E-state index contributed by atoms with van der Waals surface area (Å²) in [4.78, 5) is 33.3. The van der Waals surface area contributed by atoms with Gasteiger partial charge < -0.3 is 21.5 Å². The number of benzene rings is 1. The van der Waals surface area contributed by atoms with E-state index >= 15 is 0 Å². The van der Waals surface area contributed by atoms with Crippen molar-refractivity contribution in [3.8, 4) is 6.07 Å². The smallest absolute Gasteiger partial charge is 0.326 e. The van der Waals surface area contributed by atoms with Gasteiger partial charge in [-0.15, -0.1) is 0 Å². The fraction of sp³-hybridized carbons (Fsp3) is 0.231. The van der Waals surface area contributed by atoms with Crippen LogP contribution in [-0.2, 0) is 9.59 Å². The zero-order valence-electron chi connectivity index (χ0n) is 11.0. The maximum atomic E-state index is 11.7. The van der Waals surface area contributed by atoms with Gasteiger partial charge in [0.05, 0.1) is 11.6 Å². The molecule has 5 N–H and O–H groups in total. The molecule has 0 bridgehead atoms. The van der Waals surface area contributed by atoms with Crippen LogP contribution in [0, 0.1) is 11.3 Å². The summed E-state index contributed by atoms with van der Waals surface area (Å²) in [7, 11) is 0. The maximum Gasteiger partial charge on any atom is 0.326 e. The van der Waals surface area contributed by atoms with Crippen molar-refractivity contribution < 1.29 is 19.5 Å². The summed E-state index contributed by atoms with van der Waals surface area (Å²) in [5, 5.41) is 22.2. The summed E-state index contributed by atoms with van der Waals surface area (Å²) in [6, 6.07) is 6.04. The molecule has 0 aliphatic carbocycles. The van der Waals surface area contributed by atoms with Crippen LogP contribution in [0.2, 0.25) is 0 Å². The van der Waals surface area contributed by atoms with E-state index in [9.17, 15) is 14.4 Å². The average molecular weight is 290 g/mol. The number of nitrogens with two attached hydrogens (primary N) is 1. The Kier molecular flexibility index (Phi) is 5.70. The Hall–Kier alpha value is -3.08. The van der Waals surface area contributed by atoms with Gasteiger partial charge in [-0.3, -0.25) is 4.79 Å². The Bertz CT molecular complexity index is 577. The summed E-state index contributed by atoms with van der Waals surface area (Å²) in [6.45, 7) is 0. The maximum absolute atomic E-state index is 11.7. The number of amides is 3. The number of rotatable bonds is 6. The highest BCUT2D eigenvalue weighted by Gasteiger charge is 2.20. The Balaban J connectivity index is 2.58. The first kappa shape index (κ1) is 16.0. The number of nitrogens with zero attached hydrogens (tertiary/aromatic N) is 1. The summed E-state index contributed by atoms with van der Waals surface area (Å²) >= 11 is 0. The number of aliphatic carboxylic acids is 1. The molecule has 3 amide bonds. The molecular formula is C13H14N4O4. The Morgan fingerprint density at radius 1 is 1.29 bits per heavy atom. The molecule has 1 aromatic carbocycles. The molecule has 8 nitrogen and oxygen atoms in total. The topological polar surface area (TPSA) is 145 Å². The van der Waals surface area contributed by atoms with Crippen LogP contribution in [0.5, 0.6) is 0 Å². The highest BCUT2D eigenvalue weighted by atomic mass is 16.4. The minimum Gasteiger partial charge on any atom is -0.480 e. The van der Waals surface area contributed by atoms with Crippen LogP contribution in [-0.4, -0.2) is 29.1 Å². The fourth-order valence-corrected chi connectivity index (χ4v) is 1.50. The van der Waals surface area contributed by atoms with Crippen LogP contribution in [0.25, 0.3) is 0 Å². The first-order chi connectivity index (χ1) is 9.92. The first-order valence-electron chi connectivity index (χ1n) is 6.01. The van der Waals surface area contributed by atoms with Gasteiger partial charge in [0.1, 0.15) is 6.04 Å². The number of carboxylic acids is 1. The molecule has 1 aromatic rings. The monoisotopic (exact) mass is 290 g/mol. The number of carbonyl (C=O) groups is 3. The molecule has 0 aromatic heterocycles. The lowest BCUT2D eigenvalue weighted by molar-refractivity contribution is -0.139. The number of nitrogens with one attached hydrogen (secondary N) is 2. The average Bonchev–Trinajstić information content (AvgIpc) is 2.43. The number of urea groups is 1. The molecule has 1 rings (SSSR count). The molecule has 0 radical (unpaired) electrons. The second-order valence-electron chi connectivity index (χ2n) is 4.18. The Morgan fingerprint density at radius 3 is 2.38 bits per heavy atom. The number of anilines is 1. The van der Waals surface area contributed by atoms with E-state index in [2.05, 4.69) is 10.6 Å². The molecule has 0 aliphatic heterocycles. The highest BCUT2D eigenvalue weighted by Crippen LogP contribution is 2.08. The lowest BCUT2D eigenvalue weighted by atomic mass is 10.1. The zero-order valence-corrected chi connectivity index (χ0v) is 11.0. The Morgan fingerprint density at radius 2 is 1.90 bits per heavy atom. The van der Waals surface area contributed by atoms with E-state index < -0.39 is 23.9 Å². The number of carboxylic acid groups (broad SMARTS) is 1. The predicted molar refractivity (Wildman–Crippen MR) is 73.2 cm³/mol. The van der Waals surface area contributed by atoms with E-state index in [4.69, 9.17) is 16.1 Å². The van der Waals surface area contributed by atoms with Gasteiger partial charge in [0.2, 0.25) is 5.91 Å². The number of primary amides is 1. The van der Waals surface area contributed by atoms with E-state index in [1.54, 1.807) is 0 Å². The van der Waals surface area contributed by atoms with E-state index in [1.165, 1.54) is 24.3 Å². The second kappa shape index (κ2) is 7.49. The van der Waals surface area contributed by atoms with Crippen LogP contribution in [0.15, 0.2) is 24.3 Å². The molecule has 0 fully saturated rings. The molecule has 8 heteroatoms. The third-order valence-electron chi connectivity index (χ3n) is 2.55. The van der Waals surface area contributed by atoms with Crippen molar-refractivity contribution in [2.45, 2.75) is 18.9 Å². The van der Waals surface area contributed by atoms with Gasteiger partial charge in [0, 0.05) is 12.1 Å². The van der Waals surface area contributed by atoms with Crippen LogP contribution in [0.4, 0.5) is 10.5 Å². The predicted octanol–water partition coefficient (Wildman–Crippen LogP) is 0.398. The second-order valence-corrected chi connectivity index (χ2v) is 4.18. The van der Waals surface area contributed by atoms with Crippen molar-refractivity contribution in [1.29, 1.82) is 5.26 Å². The summed E-state index contributed by atoms with van der Waals surface area (Å²) < 4.78 is 0. The number of hydrogen-bond acceptors (Lipinski definition) is 4. The van der Waals surface area contributed by atoms with Crippen molar-refractivity contribution in [2.75, 3.05) is 5.32 Å². The molecule has 0 spiro atoms. The molecule has 110 valence electrons. The normalized spacial score (nSPS) is 11.0. The third-order valence-corrected chi connectivity index (χ3v) is 2.55. The molecule has 1 unspecified atom stereocenters. The first-order valence-corrected chi connectivity index (χ1v) is 6.01. The Labute approximate surface area is 120 Å². The van der Waals surface area contributed by atoms with E-state index in [0.29, 0.717) is 11.3 Å². The number of nitriles is 1. The van der Waals surface area contributed by atoms with E-state index in [-0.39, 0.29) is 12.8 Å². The summed E-state index contributed by atoms with van der Waals surface area (Å²) in [5.41, 5.74) is 5.78. The largest absolute Gasteiger partial charge is 0.480 e. The molecule has 1 atom stereocenters. The summed E-state index contributed by atoms with van der Waals surface area (Å²) in [5.74, 6) is -1.90. The molecule has 21 heavy (non-hydrogen) atoms. The zero-order chi connectivity index (χ0) is 15.8. The van der Waals surface area contributed by atoms with Crippen LogP contribution in [0.1, 0.15) is 18.4 Å². The van der Waals surface area contributed by atoms with Crippen LogP contribution in [0.3, 0.4) is 0 Å². The fourth-order valence-electron chi connectivity index (χ4n) is 1.50. The number of carbonyl (C=O) groups excluding carboxylic acids is 2. The van der Waals surface area contributed by atoms with Crippen LogP contribution < -0.4 is 16.4 Å². The van der Waals surface area contributed by atoms with Crippen molar-refractivity contribution in [2.24, 2.45) is 5.73 Å². The van der Waals surface area contributed by atoms with Gasteiger partial charge >= 0.3 is 12.0 Å². The van der Waals surface area contributed by atoms with Crippen LogP contribution >= 0.6 is 0 Å². The van der Waals surface area contributed by atoms with Crippen molar-refractivity contribution in [3.05, 3.63) is 29.8 Å². The van der Waals surface area contributed by atoms with Gasteiger partial charge in [-0.1, -0.05) is 0 Å². The van der Waals surface area contributed by atoms with Crippen molar-refractivity contribution in [3.63, 3.8) is 0 Å². The molecule has 0 heterocycles. The van der Waals surface area contributed by atoms with E-state index in [1.807, 2.05) is 6.07 Å². The highest BCUT2D eigenvalue weighted by molar-refractivity contribution is 5.92. The standard InChI is InChI=1S/C13H14N4O4/c14-7-8-1-3-9(4-2-8)16-13(21)17-10(12(19)20)5-6-11(15)18/h1-4,10H,5-6H2,(H2,15,18)(H,19,20)(H2,16,17,21). The van der Waals surface area contributed by atoms with Gasteiger partial charge in [0.25, 0.3) is 0 Å². The number of hydrogen-bond donors (Lipinski definition) is 4. The minimum atomic E-state index is -1.26. The van der Waals surface area contributed by atoms with Gasteiger partial charge in [-0.2, -0.15) is 5.26 Å². The molecular weight excluding hydrogens is 276 g/mol. The lowest BCUT2D eigenvalue weighted by Crippen LogP contribution is -2.43. The lowest BCUT2D eigenvalue weighted by Gasteiger charge is -2.14. The molecule has 0 saturated heterocycles. The third kappa shape index (κ3) is 5.61. The van der Waals surface area contributed by atoms with Gasteiger partial charge in [0.15, 0.2) is 0 Å². The summed E-state index contributed by atoms with van der Waals surface area (Å²) in [6.07, 6.45) is -0.237. The molecule has 0 saturated carbocycles. The molecule has 0 aliphatic rings. The van der Waals surface area contributed by atoms with Crippen molar-refractivity contribution >= 4 is 23.6 Å². The SMILES string of the molecule is N#Cc1ccc(NC(=O)NC(CCC(N)=O)C(=O)O)cc1. The quantitative estimate of drug-likeness (QED) is 0.599. The van der Waals surface area contributed by atoms with Gasteiger partial charge in [-0.05, 0) is 30.7 Å². The van der Waals surface area contributed by atoms with Gasteiger partial charge in [-0.25, -0.2) is 9.59 Å². The minimum absolute atomic E-state index is 0.0918. The van der Waals surface area contributed by atoms with Crippen molar-refractivity contribution in [1.82, 2.24) is 5.32 Å². The van der Waals surface area contributed by atoms with E-state index in [0.717, 1.165) is 0 Å².